The molecule has 5 rings (SSSR count). The molecule has 1 aliphatic rings. The first-order valence-corrected chi connectivity index (χ1v) is 11.9. The van der Waals surface area contributed by atoms with E-state index in [2.05, 4.69) is 26.8 Å². The molecule has 1 aromatic heterocycles. The second-order valence-electron chi connectivity index (χ2n) is 8.93. The average Bonchev–Trinajstić information content (AvgIpc) is 3.38. The molecular weight excluding hydrogens is 486 g/mol. The SMILES string of the molecule is C=C1N(c2ccc3nc(-c4ccc(Cl)cc4)[nH]c3c2)CCC1(C)C(=O)NCc1cc(F)cc(Cl)c1. The number of amides is 1. The van der Waals surface area contributed by atoms with Crippen molar-refractivity contribution in [2.24, 2.45) is 5.41 Å². The highest BCUT2D eigenvalue weighted by Gasteiger charge is 2.44. The maximum atomic E-state index is 13.6. The lowest BCUT2D eigenvalue weighted by Crippen LogP contribution is -2.39. The van der Waals surface area contributed by atoms with E-state index in [1.807, 2.05) is 49.4 Å². The number of aromatic nitrogens is 2. The Morgan fingerprint density at radius 2 is 1.91 bits per heavy atom. The number of imidazole rings is 1. The Morgan fingerprint density at radius 1 is 1.14 bits per heavy atom. The van der Waals surface area contributed by atoms with Crippen LogP contribution in [0.1, 0.15) is 18.9 Å². The Hall–Kier alpha value is -3.35. The van der Waals surface area contributed by atoms with Crippen molar-refractivity contribution in [1.29, 1.82) is 0 Å². The first-order chi connectivity index (χ1) is 16.7. The molecule has 1 aliphatic heterocycles. The van der Waals surface area contributed by atoms with Gasteiger partial charge in [0.25, 0.3) is 0 Å². The van der Waals surface area contributed by atoms with E-state index in [1.165, 1.54) is 12.1 Å². The molecule has 2 heterocycles. The fourth-order valence-corrected chi connectivity index (χ4v) is 4.81. The summed E-state index contributed by atoms with van der Waals surface area (Å²) in [6.45, 7) is 6.98. The zero-order valence-electron chi connectivity index (χ0n) is 19.0. The monoisotopic (exact) mass is 508 g/mol. The van der Waals surface area contributed by atoms with E-state index in [1.54, 1.807) is 6.07 Å². The molecule has 0 bridgehead atoms. The Morgan fingerprint density at radius 3 is 2.66 bits per heavy atom. The highest BCUT2D eigenvalue weighted by molar-refractivity contribution is 6.30. The van der Waals surface area contributed by atoms with Gasteiger partial charge in [0, 0.05) is 40.1 Å². The molecule has 1 amide bonds. The molecule has 0 saturated carbocycles. The molecule has 4 aromatic rings. The van der Waals surface area contributed by atoms with Gasteiger partial charge in [-0.1, -0.05) is 29.8 Å². The third kappa shape index (κ3) is 4.51. The molecule has 3 aromatic carbocycles. The summed E-state index contributed by atoms with van der Waals surface area (Å²) in [5.74, 6) is 0.173. The highest BCUT2D eigenvalue weighted by atomic mass is 35.5. The normalized spacial score (nSPS) is 17.8. The van der Waals surface area contributed by atoms with Crippen LogP contribution in [0.25, 0.3) is 22.4 Å². The largest absolute Gasteiger partial charge is 0.351 e. The summed E-state index contributed by atoms with van der Waals surface area (Å²) in [4.78, 5) is 23.3. The van der Waals surface area contributed by atoms with Gasteiger partial charge in [-0.25, -0.2) is 9.37 Å². The number of halogens is 3. The fourth-order valence-electron chi connectivity index (χ4n) is 4.44. The van der Waals surface area contributed by atoms with Crippen LogP contribution in [0, 0.1) is 11.2 Å². The Bertz CT molecular complexity index is 1430. The number of benzene rings is 3. The molecule has 1 fully saturated rings. The number of aromatic amines is 1. The topological polar surface area (TPSA) is 61.0 Å². The van der Waals surface area contributed by atoms with Crippen LogP contribution in [0.5, 0.6) is 0 Å². The lowest BCUT2D eigenvalue weighted by molar-refractivity contribution is -0.128. The van der Waals surface area contributed by atoms with Crippen LogP contribution in [0.2, 0.25) is 10.0 Å². The first kappa shape index (κ1) is 23.4. The first-order valence-electron chi connectivity index (χ1n) is 11.2. The lowest BCUT2D eigenvalue weighted by Gasteiger charge is -2.27. The number of rotatable bonds is 5. The zero-order valence-corrected chi connectivity index (χ0v) is 20.6. The van der Waals surface area contributed by atoms with Crippen LogP contribution in [-0.2, 0) is 11.3 Å². The number of fused-ring (bicyclic) bond motifs is 1. The van der Waals surface area contributed by atoms with E-state index in [0.717, 1.165) is 28.1 Å². The lowest BCUT2D eigenvalue weighted by atomic mass is 9.85. The van der Waals surface area contributed by atoms with Crippen molar-refractivity contribution in [3.63, 3.8) is 0 Å². The predicted molar refractivity (Wildman–Crippen MR) is 139 cm³/mol. The van der Waals surface area contributed by atoms with Gasteiger partial charge in [-0.05, 0) is 79.6 Å². The molecule has 35 heavy (non-hydrogen) atoms. The molecule has 0 spiro atoms. The van der Waals surface area contributed by atoms with Gasteiger partial charge in [0.15, 0.2) is 0 Å². The van der Waals surface area contributed by atoms with Gasteiger partial charge in [0.05, 0.1) is 16.4 Å². The van der Waals surface area contributed by atoms with Crippen molar-refractivity contribution in [3.05, 3.63) is 94.4 Å². The number of H-pyrrole nitrogens is 1. The van der Waals surface area contributed by atoms with Crippen molar-refractivity contribution in [2.75, 3.05) is 11.4 Å². The van der Waals surface area contributed by atoms with Gasteiger partial charge in [0.2, 0.25) is 5.91 Å². The number of carbonyl (C=O) groups is 1. The maximum Gasteiger partial charge on any atom is 0.232 e. The summed E-state index contributed by atoms with van der Waals surface area (Å²) in [7, 11) is 0. The predicted octanol–water partition coefficient (Wildman–Crippen LogP) is 6.72. The average molecular weight is 509 g/mol. The molecule has 2 N–H and O–H groups in total. The second-order valence-corrected chi connectivity index (χ2v) is 9.81. The number of nitrogens with one attached hydrogen (secondary N) is 2. The van der Waals surface area contributed by atoms with E-state index in [9.17, 15) is 9.18 Å². The van der Waals surface area contributed by atoms with Crippen molar-refractivity contribution in [1.82, 2.24) is 15.3 Å². The smallest absolute Gasteiger partial charge is 0.232 e. The van der Waals surface area contributed by atoms with Crippen molar-refractivity contribution in [3.8, 4) is 11.4 Å². The number of carbonyl (C=O) groups excluding carboxylic acids is 1. The van der Waals surface area contributed by atoms with Crippen LogP contribution >= 0.6 is 23.2 Å². The molecule has 0 radical (unpaired) electrons. The summed E-state index contributed by atoms with van der Waals surface area (Å²) in [6, 6.07) is 17.7. The molecule has 5 nitrogen and oxygen atoms in total. The quantitative estimate of drug-likeness (QED) is 0.314. The second kappa shape index (κ2) is 9.02. The van der Waals surface area contributed by atoms with Crippen LogP contribution in [0.15, 0.2) is 72.9 Å². The number of hydrogen-bond acceptors (Lipinski definition) is 3. The minimum Gasteiger partial charge on any atom is -0.351 e. The molecule has 1 unspecified atom stereocenters. The summed E-state index contributed by atoms with van der Waals surface area (Å²) in [5.41, 5.74) is 4.15. The third-order valence-corrected chi connectivity index (χ3v) is 7.04. The van der Waals surface area contributed by atoms with Crippen LogP contribution in [-0.4, -0.2) is 22.4 Å². The Kier molecular flexibility index (Phi) is 6.03. The van der Waals surface area contributed by atoms with Gasteiger partial charge < -0.3 is 15.2 Å². The Balaban J connectivity index is 1.33. The summed E-state index contributed by atoms with van der Waals surface area (Å²) in [6.07, 6.45) is 0.610. The van der Waals surface area contributed by atoms with Crippen molar-refractivity contribution >= 4 is 45.8 Å². The van der Waals surface area contributed by atoms with Gasteiger partial charge in [-0.3, -0.25) is 4.79 Å². The summed E-state index contributed by atoms with van der Waals surface area (Å²) >= 11 is 11.9. The third-order valence-electron chi connectivity index (χ3n) is 6.57. The minimum atomic E-state index is -0.783. The molecule has 178 valence electrons. The van der Waals surface area contributed by atoms with Gasteiger partial charge in [-0.2, -0.15) is 0 Å². The van der Waals surface area contributed by atoms with Crippen molar-refractivity contribution < 1.29 is 9.18 Å². The zero-order chi connectivity index (χ0) is 24.7. The maximum absolute atomic E-state index is 13.6. The van der Waals surface area contributed by atoms with Crippen LogP contribution in [0.3, 0.4) is 0 Å². The van der Waals surface area contributed by atoms with E-state index >= 15 is 0 Å². The van der Waals surface area contributed by atoms with E-state index in [0.29, 0.717) is 34.3 Å². The molecule has 8 heteroatoms. The van der Waals surface area contributed by atoms with Crippen LogP contribution in [0.4, 0.5) is 10.1 Å². The summed E-state index contributed by atoms with van der Waals surface area (Å²) in [5, 5.41) is 3.89. The number of nitrogens with zero attached hydrogens (tertiary/aromatic N) is 2. The van der Waals surface area contributed by atoms with Crippen LogP contribution < -0.4 is 10.2 Å². The molecule has 1 saturated heterocycles. The van der Waals surface area contributed by atoms with Crippen molar-refractivity contribution in [2.45, 2.75) is 19.9 Å². The minimum absolute atomic E-state index is 0.155. The fraction of sp³-hybridized carbons (Fsp3) is 0.185. The highest BCUT2D eigenvalue weighted by Crippen LogP contribution is 2.42. The summed E-state index contributed by atoms with van der Waals surface area (Å²) < 4.78 is 13.6. The molecular formula is C27H23Cl2FN4O. The number of hydrogen-bond donors (Lipinski definition) is 2. The standard InChI is InChI=1S/C27H23Cl2FN4O/c1-16-27(2,26(35)31-15-17-11-20(29)13-21(30)12-17)9-10-34(16)22-7-8-23-24(14-22)33-25(32-23)18-3-5-19(28)6-4-18/h3-8,11-14H,1,9-10,15H2,2H3,(H,31,35)(H,32,33). The van der Waals surface area contributed by atoms with E-state index in [4.69, 9.17) is 23.2 Å². The van der Waals surface area contributed by atoms with E-state index < -0.39 is 11.2 Å². The van der Waals surface area contributed by atoms with Gasteiger partial charge in [-0.15, -0.1) is 0 Å². The Labute approximate surface area is 212 Å². The number of anilines is 1. The van der Waals surface area contributed by atoms with E-state index in [-0.39, 0.29) is 12.5 Å². The van der Waals surface area contributed by atoms with Gasteiger partial charge >= 0.3 is 0 Å². The van der Waals surface area contributed by atoms with Gasteiger partial charge in [0.1, 0.15) is 11.6 Å². The molecule has 1 atom stereocenters. The molecule has 0 aliphatic carbocycles.